The van der Waals surface area contributed by atoms with Crippen LogP contribution in [0.15, 0.2) is 33.2 Å². The monoisotopic (exact) mass is 484 g/mol. The molecule has 0 aliphatic heterocycles. The number of benzene rings is 2. The summed E-state index contributed by atoms with van der Waals surface area (Å²) in [5, 5.41) is 0. The minimum absolute atomic E-state index is 0.160. The molecule has 2 rings (SSSR count). The van der Waals surface area contributed by atoms with Crippen LogP contribution >= 0.6 is 31.9 Å². The fraction of sp³-hybridized carbons (Fsp3) is 0.294. The van der Waals surface area contributed by atoms with Crippen molar-refractivity contribution in [1.29, 1.82) is 0 Å². The Kier molecular flexibility index (Phi) is 6.73. The number of ether oxygens (including phenoxy) is 2. The van der Waals surface area contributed by atoms with Crippen molar-refractivity contribution < 1.29 is 27.0 Å². The molecule has 2 aromatic rings. The van der Waals surface area contributed by atoms with E-state index in [9.17, 15) is 17.6 Å². The van der Waals surface area contributed by atoms with Crippen molar-refractivity contribution >= 4 is 31.9 Å². The van der Waals surface area contributed by atoms with Crippen LogP contribution in [-0.2, 0) is 0 Å². The average molecular weight is 486 g/mol. The largest absolute Gasteiger partial charge is 0.489 e. The second kappa shape index (κ2) is 8.40. The molecule has 136 valence electrons. The highest BCUT2D eigenvalue weighted by molar-refractivity contribution is 9.10. The number of hydrogen-bond donors (Lipinski definition) is 0. The zero-order valence-corrected chi connectivity index (χ0v) is 16.4. The van der Waals surface area contributed by atoms with Crippen LogP contribution in [0.5, 0.6) is 11.5 Å². The zero-order valence-electron chi connectivity index (χ0n) is 13.3. The molecule has 2 unspecified atom stereocenters. The van der Waals surface area contributed by atoms with E-state index >= 15 is 0 Å². The number of rotatable bonds is 6. The molecule has 0 heterocycles. The summed E-state index contributed by atoms with van der Waals surface area (Å²) in [7, 11) is 0. The van der Waals surface area contributed by atoms with Crippen molar-refractivity contribution in [3.63, 3.8) is 0 Å². The quantitative estimate of drug-likeness (QED) is 0.348. The lowest BCUT2D eigenvalue weighted by Crippen LogP contribution is -2.23. The van der Waals surface area contributed by atoms with E-state index in [-0.39, 0.29) is 20.4 Å². The second-order valence-corrected chi connectivity index (χ2v) is 7.19. The van der Waals surface area contributed by atoms with Gasteiger partial charge < -0.3 is 9.47 Å². The van der Waals surface area contributed by atoms with E-state index in [1.165, 1.54) is 0 Å². The molecule has 0 aromatic heterocycles. The predicted molar refractivity (Wildman–Crippen MR) is 92.9 cm³/mol. The maximum atomic E-state index is 13.3. The zero-order chi connectivity index (χ0) is 18.7. The van der Waals surface area contributed by atoms with Crippen molar-refractivity contribution in [2.24, 2.45) is 0 Å². The molecule has 0 aliphatic rings. The van der Waals surface area contributed by atoms with Gasteiger partial charge >= 0.3 is 0 Å². The van der Waals surface area contributed by atoms with Gasteiger partial charge in [0.25, 0.3) is 0 Å². The molecule has 0 N–H and O–H groups in total. The first-order valence-corrected chi connectivity index (χ1v) is 8.88. The molecule has 2 aromatic carbocycles. The fourth-order valence-corrected chi connectivity index (χ4v) is 3.00. The van der Waals surface area contributed by atoms with Crippen LogP contribution in [0.3, 0.4) is 0 Å². The topological polar surface area (TPSA) is 18.5 Å². The van der Waals surface area contributed by atoms with Gasteiger partial charge in [-0.3, -0.25) is 0 Å². The minimum atomic E-state index is -1.01. The van der Waals surface area contributed by atoms with Gasteiger partial charge in [0, 0.05) is 18.6 Å². The molecule has 0 bridgehead atoms. The van der Waals surface area contributed by atoms with Gasteiger partial charge in [-0.2, -0.15) is 0 Å². The van der Waals surface area contributed by atoms with Crippen LogP contribution in [0.2, 0.25) is 0 Å². The molecular formula is C17H14Br2F4O2. The van der Waals surface area contributed by atoms with Gasteiger partial charge in [-0.15, -0.1) is 0 Å². The summed E-state index contributed by atoms with van der Waals surface area (Å²) in [6.45, 7) is 3.46. The summed E-state index contributed by atoms with van der Waals surface area (Å²) < 4.78 is 64.6. The summed E-state index contributed by atoms with van der Waals surface area (Å²) in [4.78, 5) is 0. The van der Waals surface area contributed by atoms with Crippen LogP contribution in [0, 0.1) is 23.3 Å². The number of halogens is 6. The summed E-state index contributed by atoms with van der Waals surface area (Å²) in [6, 6.07) is 3.87. The molecule has 0 amide bonds. The molecule has 0 radical (unpaired) electrons. The lowest BCUT2D eigenvalue weighted by Gasteiger charge is -2.21. The van der Waals surface area contributed by atoms with E-state index < -0.39 is 35.5 Å². The highest BCUT2D eigenvalue weighted by Gasteiger charge is 2.17. The fourth-order valence-electron chi connectivity index (χ4n) is 2.19. The Morgan fingerprint density at radius 2 is 1.04 bits per heavy atom. The smallest absolute Gasteiger partial charge is 0.162 e. The Labute approximate surface area is 159 Å². The molecule has 0 spiro atoms. The van der Waals surface area contributed by atoms with Crippen molar-refractivity contribution in [1.82, 2.24) is 0 Å². The van der Waals surface area contributed by atoms with Gasteiger partial charge in [0.2, 0.25) is 0 Å². The van der Waals surface area contributed by atoms with Gasteiger partial charge in [0.15, 0.2) is 23.3 Å². The van der Waals surface area contributed by atoms with Crippen LogP contribution in [0.1, 0.15) is 20.3 Å². The van der Waals surface area contributed by atoms with Crippen LogP contribution < -0.4 is 9.47 Å². The highest BCUT2D eigenvalue weighted by atomic mass is 79.9. The molecule has 0 fully saturated rings. The molecule has 0 saturated heterocycles. The van der Waals surface area contributed by atoms with Crippen molar-refractivity contribution in [2.45, 2.75) is 32.5 Å². The summed E-state index contributed by atoms with van der Waals surface area (Å²) in [5.74, 6) is -3.67. The average Bonchev–Trinajstić information content (AvgIpc) is 2.50. The molecule has 0 aliphatic carbocycles. The molecule has 0 saturated carbocycles. The Balaban J connectivity index is 2.00. The third-order valence-electron chi connectivity index (χ3n) is 3.27. The number of hydrogen-bond acceptors (Lipinski definition) is 2. The van der Waals surface area contributed by atoms with Crippen molar-refractivity contribution in [2.75, 3.05) is 0 Å². The third-order valence-corrected chi connectivity index (χ3v) is 4.51. The van der Waals surface area contributed by atoms with Crippen LogP contribution in [-0.4, -0.2) is 12.2 Å². The first-order chi connectivity index (χ1) is 11.7. The first-order valence-electron chi connectivity index (χ1n) is 7.29. The SMILES string of the molecule is CC(CC(C)Oc1cc(F)c(F)cc1Br)Oc1cc(F)c(F)cc1Br. The van der Waals surface area contributed by atoms with E-state index in [1.54, 1.807) is 13.8 Å². The predicted octanol–water partition coefficient (Wildman–Crippen LogP) is 6.39. The van der Waals surface area contributed by atoms with Gasteiger partial charge in [-0.25, -0.2) is 17.6 Å². The maximum absolute atomic E-state index is 13.3. The Morgan fingerprint density at radius 1 is 0.720 bits per heavy atom. The second-order valence-electron chi connectivity index (χ2n) is 5.49. The van der Waals surface area contributed by atoms with Gasteiger partial charge in [0.05, 0.1) is 21.2 Å². The van der Waals surface area contributed by atoms with Gasteiger partial charge in [-0.1, -0.05) is 0 Å². The van der Waals surface area contributed by atoms with Crippen molar-refractivity contribution in [3.05, 3.63) is 56.5 Å². The van der Waals surface area contributed by atoms with Crippen molar-refractivity contribution in [3.8, 4) is 11.5 Å². The highest BCUT2D eigenvalue weighted by Crippen LogP contribution is 2.31. The van der Waals surface area contributed by atoms with E-state index in [4.69, 9.17) is 9.47 Å². The minimum Gasteiger partial charge on any atom is -0.489 e. The van der Waals surface area contributed by atoms with Gasteiger partial charge in [0.1, 0.15) is 11.5 Å². The lowest BCUT2D eigenvalue weighted by atomic mass is 10.2. The maximum Gasteiger partial charge on any atom is 0.162 e. The first kappa shape index (κ1) is 20.0. The molecular weight excluding hydrogens is 472 g/mol. The summed E-state index contributed by atoms with van der Waals surface area (Å²) >= 11 is 6.22. The van der Waals surface area contributed by atoms with Crippen LogP contribution in [0.25, 0.3) is 0 Å². The van der Waals surface area contributed by atoms with Gasteiger partial charge in [-0.05, 0) is 57.8 Å². The summed E-state index contributed by atoms with van der Waals surface area (Å²) in [6.07, 6.45) is -0.433. The Hall–Kier alpha value is -1.28. The normalized spacial score (nSPS) is 13.4. The van der Waals surface area contributed by atoms with E-state index in [0.29, 0.717) is 6.42 Å². The van der Waals surface area contributed by atoms with E-state index in [2.05, 4.69) is 31.9 Å². The Morgan fingerprint density at radius 3 is 1.40 bits per heavy atom. The lowest BCUT2D eigenvalue weighted by molar-refractivity contribution is 0.129. The summed E-state index contributed by atoms with van der Waals surface area (Å²) in [5.41, 5.74) is 0. The van der Waals surface area contributed by atoms with Crippen LogP contribution in [0.4, 0.5) is 17.6 Å². The molecule has 2 nitrogen and oxygen atoms in total. The Bertz CT molecular complexity index is 707. The van der Waals surface area contributed by atoms with E-state index in [0.717, 1.165) is 24.3 Å². The standard InChI is InChI=1S/C17H14Br2F4O2/c1-8(24-16-6-14(22)12(20)4-10(16)18)3-9(2)25-17-7-15(23)13(21)5-11(17)19/h4-9H,3H2,1-2H3. The van der Waals surface area contributed by atoms with E-state index in [1.807, 2.05) is 0 Å². The molecule has 2 atom stereocenters. The molecule has 8 heteroatoms. The molecule has 25 heavy (non-hydrogen) atoms. The third kappa shape index (κ3) is 5.34.